The minimum Gasteiger partial charge on any atom is -0.507 e. The van der Waals surface area contributed by atoms with Crippen LogP contribution in [0.15, 0.2) is 63.3 Å². The lowest BCUT2D eigenvalue weighted by atomic mass is 10.0. The van der Waals surface area contributed by atoms with Gasteiger partial charge in [0.25, 0.3) is 0 Å². The van der Waals surface area contributed by atoms with Gasteiger partial charge in [-0.15, -0.1) is 0 Å². The summed E-state index contributed by atoms with van der Waals surface area (Å²) in [7, 11) is 1.41. The van der Waals surface area contributed by atoms with E-state index < -0.39 is 29.1 Å². The van der Waals surface area contributed by atoms with Crippen molar-refractivity contribution in [2.45, 2.75) is 32.5 Å². The number of aliphatic hydroxyl groups excluding tert-OH is 1. The van der Waals surface area contributed by atoms with Gasteiger partial charge in [0.2, 0.25) is 11.2 Å². The summed E-state index contributed by atoms with van der Waals surface area (Å²) >= 11 is 0. The first kappa shape index (κ1) is 26.8. The van der Waals surface area contributed by atoms with E-state index in [0.29, 0.717) is 11.3 Å². The lowest BCUT2D eigenvalue weighted by Gasteiger charge is -2.33. The fraction of sp³-hybridized carbons (Fsp3) is 0.233. The van der Waals surface area contributed by atoms with E-state index in [2.05, 4.69) is 0 Å². The van der Waals surface area contributed by atoms with Gasteiger partial charge in [-0.3, -0.25) is 4.79 Å². The van der Waals surface area contributed by atoms with Crippen molar-refractivity contribution in [2.75, 3.05) is 13.7 Å². The number of phenolic OH excluding ortho intramolecular Hbond substituents is 3. The molecule has 0 saturated heterocycles. The average Bonchev–Trinajstić information content (AvgIpc) is 2.93. The Labute approximate surface area is 228 Å². The van der Waals surface area contributed by atoms with Crippen molar-refractivity contribution in [3.8, 4) is 51.6 Å². The highest BCUT2D eigenvalue weighted by atomic mass is 16.6. The van der Waals surface area contributed by atoms with Gasteiger partial charge in [0.1, 0.15) is 22.5 Å². The van der Waals surface area contributed by atoms with Crippen LogP contribution in [0.25, 0.3) is 22.3 Å². The summed E-state index contributed by atoms with van der Waals surface area (Å²) in [5.74, 6) is -0.946. The van der Waals surface area contributed by atoms with Gasteiger partial charge < -0.3 is 44.2 Å². The fourth-order valence-electron chi connectivity index (χ4n) is 4.62. The number of fused-ring (bicyclic) bond motifs is 2. The molecule has 5 rings (SSSR count). The highest BCUT2D eigenvalue weighted by Crippen LogP contribution is 2.45. The van der Waals surface area contributed by atoms with Crippen LogP contribution in [-0.2, 0) is 6.42 Å². The van der Waals surface area contributed by atoms with Crippen LogP contribution < -0.4 is 19.6 Å². The maximum atomic E-state index is 13.2. The Morgan fingerprint density at radius 2 is 1.73 bits per heavy atom. The fourth-order valence-corrected chi connectivity index (χ4v) is 4.62. The Morgan fingerprint density at radius 1 is 0.950 bits per heavy atom. The maximum absolute atomic E-state index is 13.2. The summed E-state index contributed by atoms with van der Waals surface area (Å²) in [4.78, 5) is 13.2. The molecule has 10 heteroatoms. The molecular weight excluding hydrogens is 520 g/mol. The zero-order valence-corrected chi connectivity index (χ0v) is 22.0. The van der Waals surface area contributed by atoms with Crippen molar-refractivity contribution in [3.05, 3.63) is 75.5 Å². The van der Waals surface area contributed by atoms with E-state index in [4.69, 9.17) is 18.6 Å². The molecule has 5 N–H and O–H groups in total. The van der Waals surface area contributed by atoms with E-state index >= 15 is 0 Å². The number of aliphatic hydroxyl groups is 1. The van der Waals surface area contributed by atoms with Gasteiger partial charge in [-0.05, 0) is 50.6 Å². The molecule has 208 valence electrons. The molecule has 0 spiro atoms. The van der Waals surface area contributed by atoms with Crippen LogP contribution in [0.3, 0.4) is 0 Å². The molecule has 40 heavy (non-hydrogen) atoms. The number of hydrogen-bond acceptors (Lipinski definition) is 10. The molecule has 0 aliphatic carbocycles. The first-order valence-electron chi connectivity index (χ1n) is 12.4. The first-order valence-corrected chi connectivity index (χ1v) is 12.4. The second kappa shape index (κ2) is 10.4. The largest absolute Gasteiger partial charge is 0.507 e. The summed E-state index contributed by atoms with van der Waals surface area (Å²) in [6, 6.07) is 10.4. The van der Waals surface area contributed by atoms with Gasteiger partial charge in [-0.25, -0.2) is 0 Å². The number of ether oxygens (including phenoxy) is 3. The number of benzene rings is 3. The topological polar surface area (TPSA) is 159 Å². The molecule has 0 saturated carbocycles. The normalized spacial score (nSPS) is 16.1. The van der Waals surface area contributed by atoms with E-state index in [1.807, 2.05) is 13.8 Å². The third-order valence-corrected chi connectivity index (χ3v) is 6.72. The molecule has 0 fully saturated rings. The number of hydrogen-bond donors (Lipinski definition) is 5. The van der Waals surface area contributed by atoms with Crippen LogP contribution in [0.4, 0.5) is 0 Å². The van der Waals surface area contributed by atoms with Crippen LogP contribution in [0.5, 0.6) is 40.2 Å². The molecule has 10 nitrogen and oxygen atoms in total. The van der Waals surface area contributed by atoms with E-state index in [1.165, 1.54) is 31.4 Å². The first-order chi connectivity index (χ1) is 19.1. The standard InChI is InChI=1S/C30H28O10/c1-14(2)4-7-17-19(33)12-23-25(26(17)34)27(35)28(36)30(40-23)16-6-9-20-22(11-16)39-29(24(13-31)38-20)15-5-8-18(32)21(10-15)37-3/h4-6,8-12,24,29,31-34,36H,7,13H2,1-3H3. The summed E-state index contributed by atoms with van der Waals surface area (Å²) in [6.07, 6.45) is 0.413. The maximum Gasteiger partial charge on any atom is 0.238 e. The number of allylic oxidation sites excluding steroid dienone is 2. The molecule has 0 radical (unpaired) electrons. The summed E-state index contributed by atoms with van der Waals surface area (Å²) in [5, 5.41) is 51.8. The second-order valence-electron chi connectivity index (χ2n) is 9.66. The van der Waals surface area contributed by atoms with Gasteiger partial charge in [0.05, 0.1) is 13.7 Å². The van der Waals surface area contributed by atoms with Crippen molar-refractivity contribution >= 4 is 11.0 Å². The average molecular weight is 549 g/mol. The van der Waals surface area contributed by atoms with Gasteiger partial charge >= 0.3 is 0 Å². The van der Waals surface area contributed by atoms with Crippen molar-refractivity contribution < 1.29 is 44.2 Å². The Hall–Kier alpha value is -4.83. The summed E-state index contributed by atoms with van der Waals surface area (Å²) in [6.45, 7) is 3.36. The van der Waals surface area contributed by atoms with Crippen LogP contribution in [0.2, 0.25) is 0 Å². The number of aromatic hydroxyl groups is 4. The van der Waals surface area contributed by atoms with Crippen molar-refractivity contribution in [2.24, 2.45) is 0 Å². The number of phenols is 3. The smallest absolute Gasteiger partial charge is 0.238 e. The molecule has 0 amide bonds. The lowest BCUT2D eigenvalue weighted by Crippen LogP contribution is -2.36. The van der Waals surface area contributed by atoms with Crippen molar-refractivity contribution in [3.63, 3.8) is 0 Å². The SMILES string of the molecule is COc1cc(C2Oc3cc(-c4oc5cc(O)c(CC=C(C)C)c(O)c5c(=O)c4O)ccc3OC2CO)ccc1O. The highest BCUT2D eigenvalue weighted by molar-refractivity contribution is 5.90. The van der Waals surface area contributed by atoms with Gasteiger partial charge in [-0.1, -0.05) is 17.7 Å². The number of methoxy groups -OCH3 is 1. The van der Waals surface area contributed by atoms with E-state index in [-0.39, 0.29) is 63.9 Å². The second-order valence-corrected chi connectivity index (χ2v) is 9.66. The van der Waals surface area contributed by atoms with Gasteiger partial charge in [0.15, 0.2) is 41.0 Å². The lowest BCUT2D eigenvalue weighted by molar-refractivity contribution is -0.0123. The summed E-state index contributed by atoms with van der Waals surface area (Å²) in [5.41, 5.74) is 0.952. The predicted molar refractivity (Wildman–Crippen MR) is 146 cm³/mol. The van der Waals surface area contributed by atoms with Gasteiger partial charge in [-0.2, -0.15) is 0 Å². The minimum absolute atomic E-state index is 0.0610. The molecule has 1 aliphatic heterocycles. The van der Waals surface area contributed by atoms with Crippen LogP contribution in [-0.4, -0.2) is 45.4 Å². The molecule has 2 unspecified atom stereocenters. The van der Waals surface area contributed by atoms with Crippen molar-refractivity contribution in [1.29, 1.82) is 0 Å². The molecule has 0 bridgehead atoms. The molecule has 2 atom stereocenters. The molecule has 2 heterocycles. The van der Waals surface area contributed by atoms with Crippen LogP contribution >= 0.6 is 0 Å². The predicted octanol–water partition coefficient (Wildman–Crippen LogP) is 4.67. The number of rotatable bonds is 6. The minimum atomic E-state index is -0.864. The molecule has 4 aromatic rings. The Kier molecular flexibility index (Phi) is 6.95. The van der Waals surface area contributed by atoms with E-state index in [1.54, 1.807) is 24.3 Å². The van der Waals surface area contributed by atoms with E-state index in [9.17, 15) is 30.3 Å². The Balaban J connectivity index is 1.58. The zero-order chi connectivity index (χ0) is 28.7. The quantitative estimate of drug-likeness (QED) is 0.214. The monoisotopic (exact) mass is 548 g/mol. The molecule has 1 aliphatic rings. The van der Waals surface area contributed by atoms with Gasteiger partial charge in [0, 0.05) is 22.8 Å². The van der Waals surface area contributed by atoms with Crippen LogP contribution in [0.1, 0.15) is 31.1 Å². The molecule has 3 aromatic carbocycles. The third-order valence-electron chi connectivity index (χ3n) is 6.72. The zero-order valence-electron chi connectivity index (χ0n) is 22.0. The third kappa shape index (κ3) is 4.62. The van der Waals surface area contributed by atoms with Crippen LogP contribution in [0, 0.1) is 0 Å². The summed E-state index contributed by atoms with van der Waals surface area (Å²) < 4.78 is 23.1. The van der Waals surface area contributed by atoms with E-state index in [0.717, 1.165) is 5.57 Å². The Bertz CT molecular complexity index is 1700. The highest BCUT2D eigenvalue weighted by Gasteiger charge is 2.34. The molecular formula is C30H28O10. The van der Waals surface area contributed by atoms with Crippen molar-refractivity contribution in [1.82, 2.24) is 0 Å². The molecule has 1 aromatic heterocycles. The Morgan fingerprint density at radius 3 is 2.42 bits per heavy atom.